The molecule has 0 bridgehead atoms. The molecule has 174 valence electrons. The van der Waals surface area contributed by atoms with Gasteiger partial charge in [-0.3, -0.25) is 14.2 Å². The Kier molecular flexibility index (Phi) is 6.47. The van der Waals surface area contributed by atoms with Crippen molar-refractivity contribution in [2.24, 2.45) is 4.99 Å². The van der Waals surface area contributed by atoms with Crippen molar-refractivity contribution in [2.45, 2.75) is 19.9 Å². The van der Waals surface area contributed by atoms with Gasteiger partial charge in [0, 0.05) is 12.5 Å². The van der Waals surface area contributed by atoms with Gasteiger partial charge >= 0.3 is 11.9 Å². The molecular weight excluding hydrogens is 456 g/mol. The molecular formula is C25H22N2O6S. The number of benzene rings is 2. The number of carbonyl (C=O) groups excluding carboxylic acids is 2. The van der Waals surface area contributed by atoms with E-state index in [0.29, 0.717) is 37.7 Å². The number of esters is 2. The van der Waals surface area contributed by atoms with Crippen molar-refractivity contribution in [2.75, 3.05) is 14.2 Å². The summed E-state index contributed by atoms with van der Waals surface area (Å²) < 4.78 is 17.4. The Morgan fingerprint density at radius 1 is 1.09 bits per heavy atom. The summed E-state index contributed by atoms with van der Waals surface area (Å²) in [6, 6.07) is 13.4. The summed E-state index contributed by atoms with van der Waals surface area (Å²) in [5.41, 5.74) is 1.72. The fraction of sp³-hybridized carbons (Fsp3) is 0.200. The van der Waals surface area contributed by atoms with Crippen molar-refractivity contribution in [3.8, 4) is 11.5 Å². The van der Waals surface area contributed by atoms with Crippen LogP contribution in [-0.4, -0.2) is 30.7 Å². The number of nitrogens with zero attached hydrogens (tertiary/aromatic N) is 2. The van der Waals surface area contributed by atoms with E-state index < -0.39 is 18.0 Å². The molecule has 9 heteroatoms. The van der Waals surface area contributed by atoms with Gasteiger partial charge in [0.25, 0.3) is 5.56 Å². The minimum Gasteiger partial charge on any atom is -0.497 e. The number of methoxy groups -OCH3 is 2. The summed E-state index contributed by atoms with van der Waals surface area (Å²) in [7, 11) is 2.86. The quantitative estimate of drug-likeness (QED) is 0.413. The van der Waals surface area contributed by atoms with Crippen molar-refractivity contribution in [1.82, 2.24) is 4.57 Å². The van der Waals surface area contributed by atoms with Crippen LogP contribution in [-0.2, 0) is 14.3 Å². The number of hydrogen-bond donors (Lipinski definition) is 0. The van der Waals surface area contributed by atoms with E-state index >= 15 is 0 Å². The van der Waals surface area contributed by atoms with Crippen LogP contribution in [0.3, 0.4) is 0 Å². The standard InChI is InChI=1S/C25H22N2O6S/c1-14-21(24(30)32-4)22(16-9-11-18(31-3)12-10-16)27-23(29)20(34-25(27)26-14)13-17-7-5-6-8-19(17)33-15(2)28/h5-13,22H,1-4H3/b20-13-. The number of rotatable bonds is 5. The molecule has 1 atom stereocenters. The minimum atomic E-state index is -0.722. The van der Waals surface area contributed by atoms with Crippen LogP contribution < -0.4 is 24.4 Å². The van der Waals surface area contributed by atoms with E-state index in [1.54, 1.807) is 68.6 Å². The second-order valence-corrected chi connectivity index (χ2v) is 8.49. The number of thiazole rings is 1. The molecule has 3 aromatic rings. The lowest BCUT2D eigenvalue weighted by Gasteiger charge is -2.24. The predicted molar refractivity (Wildman–Crippen MR) is 127 cm³/mol. The van der Waals surface area contributed by atoms with Crippen LogP contribution in [0.4, 0.5) is 0 Å². The summed E-state index contributed by atoms with van der Waals surface area (Å²) in [4.78, 5) is 42.8. The SMILES string of the molecule is COC(=O)C1=C(C)N=c2s/c(=C\c3ccccc3OC(C)=O)c(=O)n2C1c1ccc(OC)cc1. The molecule has 1 aliphatic rings. The Hall–Kier alpha value is -3.98. The fourth-order valence-electron chi connectivity index (χ4n) is 3.78. The largest absolute Gasteiger partial charge is 0.497 e. The van der Waals surface area contributed by atoms with Crippen LogP contribution in [0.2, 0.25) is 0 Å². The van der Waals surface area contributed by atoms with Crippen molar-refractivity contribution in [3.05, 3.63) is 90.6 Å². The van der Waals surface area contributed by atoms with Gasteiger partial charge in [0.15, 0.2) is 4.80 Å². The van der Waals surface area contributed by atoms with Crippen molar-refractivity contribution in [1.29, 1.82) is 0 Å². The van der Waals surface area contributed by atoms with Crippen LogP contribution in [0.1, 0.15) is 31.0 Å². The maximum Gasteiger partial charge on any atom is 0.338 e. The molecule has 1 aliphatic heterocycles. The third kappa shape index (κ3) is 4.29. The van der Waals surface area contributed by atoms with E-state index in [9.17, 15) is 14.4 Å². The monoisotopic (exact) mass is 478 g/mol. The third-order valence-corrected chi connectivity index (χ3v) is 6.30. The van der Waals surface area contributed by atoms with Gasteiger partial charge in [-0.05, 0) is 36.8 Å². The van der Waals surface area contributed by atoms with Crippen LogP contribution in [0.15, 0.2) is 69.6 Å². The maximum atomic E-state index is 13.6. The number of allylic oxidation sites excluding steroid dienone is 1. The average molecular weight is 479 g/mol. The Labute approximate surface area is 199 Å². The molecule has 1 aromatic heterocycles. The minimum absolute atomic E-state index is 0.284. The highest BCUT2D eigenvalue weighted by molar-refractivity contribution is 7.07. The smallest absolute Gasteiger partial charge is 0.338 e. The molecule has 0 saturated carbocycles. The van der Waals surface area contributed by atoms with E-state index in [4.69, 9.17) is 14.2 Å². The highest BCUT2D eigenvalue weighted by Crippen LogP contribution is 2.31. The Balaban J connectivity index is 1.94. The first kappa shape index (κ1) is 23.2. The van der Waals surface area contributed by atoms with E-state index in [2.05, 4.69) is 4.99 Å². The van der Waals surface area contributed by atoms with Gasteiger partial charge in [-0.2, -0.15) is 0 Å². The third-order valence-electron chi connectivity index (χ3n) is 5.32. The number of ether oxygens (including phenoxy) is 3. The molecule has 34 heavy (non-hydrogen) atoms. The lowest BCUT2D eigenvalue weighted by atomic mass is 9.96. The number of hydrogen-bond acceptors (Lipinski definition) is 8. The summed E-state index contributed by atoms with van der Waals surface area (Å²) in [6.07, 6.45) is 1.66. The summed E-state index contributed by atoms with van der Waals surface area (Å²) >= 11 is 1.19. The van der Waals surface area contributed by atoms with E-state index in [-0.39, 0.29) is 11.1 Å². The number of para-hydroxylation sites is 1. The fourth-order valence-corrected chi connectivity index (χ4v) is 4.82. The van der Waals surface area contributed by atoms with Gasteiger partial charge in [0.1, 0.15) is 11.5 Å². The van der Waals surface area contributed by atoms with E-state index in [0.717, 1.165) is 0 Å². The van der Waals surface area contributed by atoms with Crippen LogP contribution in [0.25, 0.3) is 6.08 Å². The molecule has 0 fully saturated rings. The molecule has 0 spiro atoms. The second-order valence-electron chi connectivity index (χ2n) is 7.48. The summed E-state index contributed by atoms with van der Waals surface area (Å²) in [6.45, 7) is 3.03. The van der Waals surface area contributed by atoms with Gasteiger partial charge in [-0.25, -0.2) is 9.79 Å². The molecule has 0 amide bonds. The Morgan fingerprint density at radius 2 is 1.79 bits per heavy atom. The number of fused-ring (bicyclic) bond motifs is 1. The van der Waals surface area contributed by atoms with Crippen molar-refractivity contribution < 1.29 is 23.8 Å². The highest BCUT2D eigenvalue weighted by Gasteiger charge is 2.33. The van der Waals surface area contributed by atoms with Crippen molar-refractivity contribution >= 4 is 29.4 Å². The summed E-state index contributed by atoms with van der Waals surface area (Å²) in [5.74, 6) is -0.0192. The predicted octanol–water partition coefficient (Wildman–Crippen LogP) is 2.34. The van der Waals surface area contributed by atoms with E-state index in [1.807, 2.05) is 0 Å². The Bertz CT molecular complexity index is 1480. The first-order chi connectivity index (χ1) is 16.3. The molecule has 4 rings (SSSR count). The van der Waals surface area contributed by atoms with Gasteiger partial charge in [-0.15, -0.1) is 0 Å². The molecule has 0 aliphatic carbocycles. The zero-order valence-electron chi connectivity index (χ0n) is 19.0. The molecule has 2 heterocycles. The first-order valence-electron chi connectivity index (χ1n) is 10.4. The van der Waals surface area contributed by atoms with Gasteiger partial charge < -0.3 is 14.2 Å². The zero-order chi connectivity index (χ0) is 24.4. The van der Waals surface area contributed by atoms with Gasteiger partial charge in [0.05, 0.1) is 36.1 Å². The average Bonchev–Trinajstić information content (AvgIpc) is 3.13. The lowest BCUT2D eigenvalue weighted by Crippen LogP contribution is -2.39. The number of aromatic nitrogens is 1. The maximum absolute atomic E-state index is 13.6. The van der Waals surface area contributed by atoms with Crippen LogP contribution >= 0.6 is 11.3 Å². The summed E-state index contributed by atoms with van der Waals surface area (Å²) in [5, 5.41) is 0. The molecule has 1 unspecified atom stereocenters. The molecule has 0 saturated heterocycles. The zero-order valence-corrected chi connectivity index (χ0v) is 19.8. The molecule has 0 N–H and O–H groups in total. The molecule has 0 radical (unpaired) electrons. The lowest BCUT2D eigenvalue weighted by molar-refractivity contribution is -0.136. The molecule has 2 aromatic carbocycles. The van der Waals surface area contributed by atoms with Crippen LogP contribution in [0.5, 0.6) is 11.5 Å². The van der Waals surface area contributed by atoms with Crippen LogP contribution in [0, 0.1) is 0 Å². The normalized spacial score (nSPS) is 15.4. The van der Waals surface area contributed by atoms with Crippen molar-refractivity contribution in [3.63, 3.8) is 0 Å². The highest BCUT2D eigenvalue weighted by atomic mass is 32.1. The Morgan fingerprint density at radius 3 is 2.44 bits per heavy atom. The topological polar surface area (TPSA) is 96.2 Å². The first-order valence-corrected chi connectivity index (χ1v) is 11.2. The second kappa shape index (κ2) is 9.48. The van der Waals surface area contributed by atoms with Gasteiger partial charge in [-0.1, -0.05) is 41.7 Å². The van der Waals surface area contributed by atoms with Gasteiger partial charge in [0.2, 0.25) is 0 Å². The van der Waals surface area contributed by atoms with E-state index in [1.165, 1.54) is 29.9 Å². The molecule has 8 nitrogen and oxygen atoms in total. The number of carbonyl (C=O) groups is 2.